The van der Waals surface area contributed by atoms with Crippen molar-refractivity contribution in [3.8, 4) is 0 Å². The fourth-order valence-corrected chi connectivity index (χ4v) is 4.69. The van der Waals surface area contributed by atoms with Crippen molar-refractivity contribution in [2.75, 3.05) is 11.4 Å². The van der Waals surface area contributed by atoms with Crippen molar-refractivity contribution >= 4 is 17.5 Å². The van der Waals surface area contributed by atoms with Gasteiger partial charge in [-0.3, -0.25) is 9.59 Å². The van der Waals surface area contributed by atoms with Crippen LogP contribution in [-0.4, -0.2) is 18.4 Å². The van der Waals surface area contributed by atoms with Crippen LogP contribution in [0.4, 0.5) is 5.69 Å². The maximum Gasteiger partial charge on any atom is 0.227 e. The topological polar surface area (TPSA) is 71.8 Å². The number of hydrogen-bond acceptors (Lipinski definition) is 4. The van der Waals surface area contributed by atoms with E-state index in [0.717, 1.165) is 35.4 Å². The zero-order valence-electron chi connectivity index (χ0n) is 18.6. The van der Waals surface area contributed by atoms with Crippen LogP contribution in [0.2, 0.25) is 0 Å². The van der Waals surface area contributed by atoms with E-state index >= 15 is 0 Å². The Balaban J connectivity index is 1.13. The number of furan rings is 1. The third kappa shape index (κ3) is 5.01. The van der Waals surface area contributed by atoms with E-state index in [4.69, 9.17) is 9.15 Å². The Kier molecular flexibility index (Phi) is 6.26. The van der Waals surface area contributed by atoms with E-state index in [1.807, 2.05) is 42.5 Å². The highest BCUT2D eigenvalue weighted by Gasteiger charge is 2.35. The summed E-state index contributed by atoms with van der Waals surface area (Å²) in [6.45, 7) is 1.75. The van der Waals surface area contributed by atoms with Gasteiger partial charge in [0, 0.05) is 25.2 Å². The van der Waals surface area contributed by atoms with Gasteiger partial charge < -0.3 is 19.4 Å². The average Bonchev–Trinajstić information content (AvgIpc) is 3.58. The average molecular weight is 445 g/mol. The summed E-state index contributed by atoms with van der Waals surface area (Å²) in [4.78, 5) is 27.2. The van der Waals surface area contributed by atoms with Crippen molar-refractivity contribution < 1.29 is 18.7 Å². The molecule has 6 nitrogen and oxygen atoms in total. The molecule has 0 bridgehead atoms. The number of aryl methyl sites for hydroxylation is 2. The van der Waals surface area contributed by atoms with Gasteiger partial charge in [-0.2, -0.15) is 0 Å². The van der Waals surface area contributed by atoms with E-state index in [1.54, 1.807) is 11.2 Å². The van der Waals surface area contributed by atoms with Crippen LogP contribution in [-0.2, 0) is 46.9 Å². The molecule has 1 aliphatic heterocycles. The molecule has 1 aromatic heterocycles. The van der Waals surface area contributed by atoms with E-state index in [9.17, 15) is 9.59 Å². The van der Waals surface area contributed by atoms with Crippen LogP contribution in [0.5, 0.6) is 0 Å². The molecule has 1 aliphatic carbocycles. The number of fused-ring (bicyclic) bond motifs is 1. The summed E-state index contributed by atoms with van der Waals surface area (Å²) in [6, 6.07) is 18.0. The fourth-order valence-electron chi connectivity index (χ4n) is 4.69. The molecule has 2 aromatic carbocycles. The molecule has 1 N–H and O–H groups in total. The highest BCUT2D eigenvalue weighted by molar-refractivity contribution is 6.00. The number of rotatable bonds is 8. The monoisotopic (exact) mass is 444 g/mol. The second-order valence-corrected chi connectivity index (χ2v) is 8.82. The predicted molar refractivity (Wildman–Crippen MR) is 124 cm³/mol. The number of benzene rings is 2. The van der Waals surface area contributed by atoms with Gasteiger partial charge in [0.1, 0.15) is 12.4 Å². The molecule has 1 unspecified atom stereocenters. The summed E-state index contributed by atoms with van der Waals surface area (Å²) in [5.74, 6) is 0.402. The van der Waals surface area contributed by atoms with Crippen molar-refractivity contribution in [1.82, 2.24) is 5.32 Å². The van der Waals surface area contributed by atoms with Crippen molar-refractivity contribution in [2.45, 2.75) is 45.4 Å². The molecule has 2 amide bonds. The fraction of sp³-hybridized carbons (Fsp3) is 0.333. The molecular formula is C27H28N2O4. The van der Waals surface area contributed by atoms with E-state index in [0.29, 0.717) is 26.3 Å². The van der Waals surface area contributed by atoms with Crippen molar-refractivity contribution in [3.05, 3.63) is 88.9 Å². The molecule has 0 saturated carbocycles. The highest BCUT2D eigenvalue weighted by atomic mass is 16.5. The lowest BCUT2D eigenvalue weighted by Gasteiger charge is -2.18. The molecule has 1 saturated heterocycles. The molecule has 33 heavy (non-hydrogen) atoms. The van der Waals surface area contributed by atoms with Crippen LogP contribution in [0.25, 0.3) is 0 Å². The lowest BCUT2D eigenvalue weighted by molar-refractivity contribution is -0.126. The Hall–Kier alpha value is -3.38. The van der Waals surface area contributed by atoms with Crippen LogP contribution in [0, 0.1) is 5.92 Å². The lowest BCUT2D eigenvalue weighted by atomic mass is 10.1. The first-order valence-corrected chi connectivity index (χ1v) is 11.5. The second kappa shape index (κ2) is 9.63. The minimum Gasteiger partial charge on any atom is -0.467 e. The number of ether oxygens (including phenoxy) is 1. The Morgan fingerprint density at radius 2 is 1.91 bits per heavy atom. The number of nitrogens with one attached hydrogen (secondary N) is 1. The van der Waals surface area contributed by atoms with Gasteiger partial charge in [-0.05, 0) is 65.8 Å². The number of amides is 2. The van der Waals surface area contributed by atoms with Gasteiger partial charge in [0.15, 0.2) is 0 Å². The molecule has 6 heteroatoms. The van der Waals surface area contributed by atoms with Gasteiger partial charge in [0.25, 0.3) is 0 Å². The van der Waals surface area contributed by atoms with Gasteiger partial charge in [0.2, 0.25) is 11.8 Å². The standard InChI is InChI=1S/C27H28N2O4/c30-26-14-23(16-29(26)24-10-9-21-6-2-7-22(21)13-24)27(31)28-15-19-4-1-5-20(12-19)17-32-18-25-8-3-11-33-25/h1,3-5,8-13,23H,2,6-7,14-18H2,(H,28,31). The predicted octanol–water partition coefficient (Wildman–Crippen LogP) is 4.15. The molecule has 1 fully saturated rings. The molecule has 0 spiro atoms. The Morgan fingerprint density at radius 1 is 1.03 bits per heavy atom. The number of carbonyl (C=O) groups is 2. The maximum atomic E-state index is 12.8. The first kappa shape index (κ1) is 21.5. The van der Waals surface area contributed by atoms with Crippen LogP contribution < -0.4 is 10.2 Å². The molecule has 170 valence electrons. The smallest absolute Gasteiger partial charge is 0.227 e. The summed E-state index contributed by atoms with van der Waals surface area (Å²) < 4.78 is 11.0. The first-order valence-electron chi connectivity index (χ1n) is 11.5. The molecule has 1 atom stereocenters. The zero-order chi connectivity index (χ0) is 22.6. The quantitative estimate of drug-likeness (QED) is 0.567. The molecule has 2 aliphatic rings. The van der Waals surface area contributed by atoms with Crippen molar-refractivity contribution in [2.24, 2.45) is 5.92 Å². The summed E-state index contributed by atoms with van der Waals surface area (Å²) in [6.07, 6.45) is 5.25. The summed E-state index contributed by atoms with van der Waals surface area (Å²) in [7, 11) is 0. The molecule has 2 heterocycles. The molecular weight excluding hydrogens is 416 g/mol. The Labute approximate surface area is 193 Å². The second-order valence-electron chi connectivity index (χ2n) is 8.82. The normalized spacial score (nSPS) is 17.4. The van der Waals surface area contributed by atoms with Crippen LogP contribution in [0.15, 0.2) is 65.3 Å². The zero-order valence-corrected chi connectivity index (χ0v) is 18.6. The Bertz CT molecular complexity index is 1140. The van der Waals surface area contributed by atoms with E-state index in [2.05, 4.69) is 17.4 Å². The third-order valence-electron chi connectivity index (χ3n) is 6.44. The minimum atomic E-state index is -0.328. The summed E-state index contributed by atoms with van der Waals surface area (Å²) >= 11 is 0. The number of anilines is 1. The van der Waals surface area contributed by atoms with Crippen LogP contribution >= 0.6 is 0 Å². The van der Waals surface area contributed by atoms with Gasteiger partial charge in [-0.25, -0.2) is 0 Å². The van der Waals surface area contributed by atoms with Crippen LogP contribution in [0.1, 0.15) is 40.9 Å². The Morgan fingerprint density at radius 3 is 2.79 bits per heavy atom. The van der Waals surface area contributed by atoms with Crippen molar-refractivity contribution in [1.29, 1.82) is 0 Å². The number of nitrogens with zero attached hydrogens (tertiary/aromatic N) is 1. The SMILES string of the molecule is O=C(NCc1cccc(COCc2ccco2)c1)C1CC(=O)N(c2ccc3c(c2)CCC3)C1. The van der Waals surface area contributed by atoms with E-state index in [-0.39, 0.29) is 24.2 Å². The van der Waals surface area contributed by atoms with Gasteiger partial charge in [-0.1, -0.05) is 30.3 Å². The van der Waals surface area contributed by atoms with E-state index in [1.165, 1.54) is 17.5 Å². The molecule has 5 rings (SSSR count). The third-order valence-corrected chi connectivity index (χ3v) is 6.44. The van der Waals surface area contributed by atoms with Gasteiger partial charge >= 0.3 is 0 Å². The molecule has 3 aromatic rings. The number of hydrogen-bond donors (Lipinski definition) is 1. The highest BCUT2D eigenvalue weighted by Crippen LogP contribution is 2.30. The van der Waals surface area contributed by atoms with E-state index < -0.39 is 0 Å². The van der Waals surface area contributed by atoms with Gasteiger partial charge in [0.05, 0.1) is 18.8 Å². The van der Waals surface area contributed by atoms with Gasteiger partial charge in [-0.15, -0.1) is 0 Å². The summed E-state index contributed by atoms with van der Waals surface area (Å²) in [5.41, 5.74) is 5.67. The maximum absolute atomic E-state index is 12.8. The summed E-state index contributed by atoms with van der Waals surface area (Å²) in [5, 5.41) is 3.01. The first-order chi connectivity index (χ1) is 16.2. The van der Waals surface area contributed by atoms with Crippen molar-refractivity contribution in [3.63, 3.8) is 0 Å². The molecule has 0 radical (unpaired) electrons. The van der Waals surface area contributed by atoms with Crippen LogP contribution in [0.3, 0.4) is 0 Å². The minimum absolute atomic E-state index is 0.0174. The number of carbonyl (C=O) groups excluding carboxylic acids is 2. The largest absolute Gasteiger partial charge is 0.467 e. The lowest BCUT2D eigenvalue weighted by Crippen LogP contribution is -2.32.